The molecule has 0 atom stereocenters. The van der Waals surface area contributed by atoms with Crippen LogP contribution < -0.4 is 9.64 Å². The molecule has 5 heteroatoms. The van der Waals surface area contributed by atoms with E-state index in [1.807, 2.05) is 29.2 Å². The molecule has 0 unspecified atom stereocenters. The number of carbonyl (C=O) groups is 1. The van der Waals surface area contributed by atoms with Gasteiger partial charge in [-0.2, -0.15) is 0 Å². The Balaban J connectivity index is 1.61. The van der Waals surface area contributed by atoms with Gasteiger partial charge in [0, 0.05) is 26.2 Å². The topological polar surface area (TPSA) is 36.0 Å². The van der Waals surface area contributed by atoms with E-state index in [2.05, 4.69) is 16.7 Å². The van der Waals surface area contributed by atoms with Crippen LogP contribution in [-0.4, -0.2) is 68.1 Å². The number of carbonyl (C=O) groups excluding carboxylic acids is 1. The van der Waals surface area contributed by atoms with Crippen LogP contribution in [0.5, 0.6) is 5.75 Å². The van der Waals surface area contributed by atoms with E-state index in [0.717, 1.165) is 50.7 Å². The number of amides is 1. The second-order valence-electron chi connectivity index (χ2n) is 5.55. The normalized spacial score (nSPS) is 19.1. The van der Waals surface area contributed by atoms with Gasteiger partial charge in [-0.25, -0.2) is 0 Å². The van der Waals surface area contributed by atoms with Crippen LogP contribution in [0.2, 0.25) is 0 Å². The van der Waals surface area contributed by atoms with Crippen LogP contribution in [0.25, 0.3) is 0 Å². The highest BCUT2D eigenvalue weighted by atomic mass is 16.5. The van der Waals surface area contributed by atoms with Crippen molar-refractivity contribution in [3.63, 3.8) is 0 Å². The van der Waals surface area contributed by atoms with Gasteiger partial charge in [0.2, 0.25) is 5.91 Å². The van der Waals surface area contributed by atoms with E-state index >= 15 is 0 Å². The number of rotatable bonds is 3. The molecule has 0 aromatic heterocycles. The Labute approximate surface area is 126 Å². The van der Waals surface area contributed by atoms with Gasteiger partial charge in [-0.1, -0.05) is 19.1 Å². The first-order valence-electron chi connectivity index (χ1n) is 7.75. The molecular formula is C16H23N3O2. The molecule has 5 nitrogen and oxygen atoms in total. The number of nitrogens with zero attached hydrogens (tertiary/aromatic N) is 3. The molecule has 3 rings (SSSR count). The van der Waals surface area contributed by atoms with Gasteiger partial charge in [-0.05, 0) is 18.7 Å². The summed E-state index contributed by atoms with van der Waals surface area (Å²) in [6.07, 6.45) is 0. The summed E-state index contributed by atoms with van der Waals surface area (Å²) >= 11 is 0. The number of hydrogen-bond donors (Lipinski definition) is 0. The maximum atomic E-state index is 12.5. The Bertz CT molecular complexity index is 498. The number of piperazine rings is 1. The molecule has 1 amide bonds. The van der Waals surface area contributed by atoms with Gasteiger partial charge in [0.1, 0.15) is 12.4 Å². The molecule has 2 heterocycles. The first-order chi connectivity index (χ1) is 10.3. The number of likely N-dealkylation sites (N-methyl/N-ethyl adjacent to an activating group) is 1. The third-order valence-corrected chi connectivity index (χ3v) is 4.32. The molecule has 0 spiro atoms. The number of para-hydroxylation sites is 2. The summed E-state index contributed by atoms with van der Waals surface area (Å²) in [6.45, 7) is 8.78. The Morgan fingerprint density at radius 1 is 1.14 bits per heavy atom. The molecule has 1 aromatic rings. The van der Waals surface area contributed by atoms with Crippen molar-refractivity contribution in [1.29, 1.82) is 0 Å². The van der Waals surface area contributed by atoms with Crippen molar-refractivity contribution in [2.45, 2.75) is 6.92 Å². The average molecular weight is 289 g/mol. The summed E-state index contributed by atoms with van der Waals surface area (Å²) in [4.78, 5) is 19.0. The van der Waals surface area contributed by atoms with Gasteiger partial charge >= 0.3 is 0 Å². The Morgan fingerprint density at radius 2 is 1.90 bits per heavy atom. The maximum Gasteiger partial charge on any atom is 0.242 e. The smallest absolute Gasteiger partial charge is 0.242 e. The lowest BCUT2D eigenvalue weighted by molar-refractivity contribution is -0.131. The molecular weight excluding hydrogens is 266 g/mol. The van der Waals surface area contributed by atoms with Crippen molar-refractivity contribution >= 4 is 11.6 Å². The molecule has 2 aliphatic rings. The van der Waals surface area contributed by atoms with Crippen LogP contribution in [0.1, 0.15) is 6.92 Å². The Hall–Kier alpha value is -1.75. The minimum atomic E-state index is 0.224. The number of hydrogen-bond acceptors (Lipinski definition) is 4. The van der Waals surface area contributed by atoms with Gasteiger partial charge < -0.3 is 19.4 Å². The van der Waals surface area contributed by atoms with Crippen LogP contribution in [0.3, 0.4) is 0 Å². The van der Waals surface area contributed by atoms with E-state index in [9.17, 15) is 4.79 Å². The van der Waals surface area contributed by atoms with Crippen molar-refractivity contribution in [3.05, 3.63) is 24.3 Å². The van der Waals surface area contributed by atoms with Crippen LogP contribution in [0.4, 0.5) is 5.69 Å². The molecule has 1 saturated heterocycles. The van der Waals surface area contributed by atoms with Gasteiger partial charge in [0.05, 0.1) is 18.8 Å². The van der Waals surface area contributed by atoms with E-state index in [1.54, 1.807) is 0 Å². The highest BCUT2D eigenvalue weighted by Gasteiger charge is 2.24. The van der Waals surface area contributed by atoms with Gasteiger partial charge in [-0.15, -0.1) is 0 Å². The average Bonchev–Trinajstić information content (AvgIpc) is 2.55. The van der Waals surface area contributed by atoms with Crippen LogP contribution in [0.15, 0.2) is 24.3 Å². The fourth-order valence-electron chi connectivity index (χ4n) is 2.97. The van der Waals surface area contributed by atoms with Gasteiger partial charge in [-0.3, -0.25) is 4.79 Å². The third-order valence-electron chi connectivity index (χ3n) is 4.32. The van der Waals surface area contributed by atoms with Crippen molar-refractivity contribution in [2.24, 2.45) is 0 Å². The summed E-state index contributed by atoms with van der Waals surface area (Å²) < 4.78 is 5.64. The van der Waals surface area contributed by atoms with E-state index in [0.29, 0.717) is 13.2 Å². The zero-order valence-corrected chi connectivity index (χ0v) is 12.6. The van der Waals surface area contributed by atoms with Crippen LogP contribution >= 0.6 is 0 Å². The lowest BCUT2D eigenvalue weighted by Gasteiger charge is -2.36. The maximum absolute atomic E-state index is 12.5. The van der Waals surface area contributed by atoms with Crippen molar-refractivity contribution in [3.8, 4) is 5.75 Å². The predicted molar refractivity (Wildman–Crippen MR) is 82.8 cm³/mol. The fourth-order valence-corrected chi connectivity index (χ4v) is 2.97. The van der Waals surface area contributed by atoms with Crippen molar-refractivity contribution < 1.29 is 9.53 Å². The van der Waals surface area contributed by atoms with E-state index in [-0.39, 0.29) is 5.91 Å². The Morgan fingerprint density at radius 3 is 2.67 bits per heavy atom. The lowest BCUT2D eigenvalue weighted by atomic mass is 10.2. The van der Waals surface area contributed by atoms with E-state index in [4.69, 9.17) is 4.74 Å². The van der Waals surface area contributed by atoms with E-state index in [1.165, 1.54) is 0 Å². The molecule has 0 aliphatic carbocycles. The molecule has 2 aliphatic heterocycles. The minimum Gasteiger partial charge on any atom is -0.490 e. The number of anilines is 1. The number of benzene rings is 1. The molecule has 1 aromatic carbocycles. The van der Waals surface area contributed by atoms with Gasteiger partial charge in [0.25, 0.3) is 0 Å². The standard InChI is InChI=1S/C16H23N3O2/c1-2-17-7-9-18(10-8-17)16(20)13-19-11-12-21-15-6-4-3-5-14(15)19/h3-6H,2,7-13H2,1H3. The predicted octanol–water partition coefficient (Wildman–Crippen LogP) is 1.05. The molecule has 1 fully saturated rings. The van der Waals surface area contributed by atoms with Crippen molar-refractivity contribution in [2.75, 3.05) is 57.3 Å². The molecule has 0 bridgehead atoms. The lowest BCUT2D eigenvalue weighted by Crippen LogP contribution is -2.51. The molecule has 0 N–H and O–H groups in total. The highest BCUT2D eigenvalue weighted by Crippen LogP contribution is 2.30. The summed E-state index contributed by atoms with van der Waals surface area (Å²) in [6, 6.07) is 7.95. The monoisotopic (exact) mass is 289 g/mol. The first kappa shape index (κ1) is 14.2. The summed E-state index contributed by atoms with van der Waals surface area (Å²) in [5, 5.41) is 0. The zero-order chi connectivity index (χ0) is 14.7. The first-order valence-corrected chi connectivity index (χ1v) is 7.75. The summed E-state index contributed by atoms with van der Waals surface area (Å²) in [7, 11) is 0. The molecule has 0 radical (unpaired) electrons. The summed E-state index contributed by atoms with van der Waals surface area (Å²) in [5.74, 6) is 1.11. The van der Waals surface area contributed by atoms with E-state index < -0.39 is 0 Å². The largest absolute Gasteiger partial charge is 0.490 e. The van der Waals surface area contributed by atoms with Gasteiger partial charge in [0.15, 0.2) is 0 Å². The third kappa shape index (κ3) is 3.13. The van der Waals surface area contributed by atoms with Crippen LogP contribution in [-0.2, 0) is 4.79 Å². The minimum absolute atomic E-state index is 0.224. The summed E-state index contributed by atoms with van der Waals surface area (Å²) in [5.41, 5.74) is 1.03. The van der Waals surface area contributed by atoms with Crippen LogP contribution in [0, 0.1) is 0 Å². The number of ether oxygens (including phenoxy) is 1. The van der Waals surface area contributed by atoms with Crippen molar-refractivity contribution in [1.82, 2.24) is 9.80 Å². The molecule has 114 valence electrons. The SMILES string of the molecule is CCN1CCN(C(=O)CN2CCOc3ccccc32)CC1. The Kier molecular flexibility index (Phi) is 4.29. The quantitative estimate of drug-likeness (QED) is 0.833. The zero-order valence-electron chi connectivity index (χ0n) is 12.6. The molecule has 0 saturated carbocycles. The fraction of sp³-hybridized carbons (Fsp3) is 0.562. The second-order valence-corrected chi connectivity index (χ2v) is 5.55. The second kappa shape index (κ2) is 6.35. The number of fused-ring (bicyclic) bond motifs is 1. The highest BCUT2D eigenvalue weighted by molar-refractivity contribution is 5.82. The molecule has 21 heavy (non-hydrogen) atoms.